The van der Waals surface area contributed by atoms with E-state index in [1.54, 1.807) is 45.0 Å². The van der Waals surface area contributed by atoms with Crippen LogP contribution < -0.4 is 16.2 Å². The Morgan fingerprint density at radius 2 is 1.71 bits per heavy atom. The number of benzene rings is 1. The van der Waals surface area contributed by atoms with Gasteiger partial charge in [0.2, 0.25) is 0 Å². The fourth-order valence-electron chi connectivity index (χ4n) is 1.99. The van der Waals surface area contributed by atoms with Gasteiger partial charge in [-0.1, -0.05) is 35.5 Å². The molecule has 24 heavy (non-hydrogen) atoms. The summed E-state index contributed by atoms with van der Waals surface area (Å²) in [7, 11) is 0. The quantitative estimate of drug-likeness (QED) is 0.572. The van der Waals surface area contributed by atoms with Gasteiger partial charge in [0.05, 0.1) is 0 Å². The number of hydrogen-bond donors (Lipinski definition) is 3. The van der Waals surface area contributed by atoms with E-state index < -0.39 is 17.7 Å². The summed E-state index contributed by atoms with van der Waals surface area (Å²) in [6.45, 7) is 5.02. The summed E-state index contributed by atoms with van der Waals surface area (Å²) in [6, 6.07) is 8.82. The Hall–Kier alpha value is -3.16. The molecule has 0 radical (unpaired) electrons. The minimum atomic E-state index is -0.965. The fraction of sp³-hybridized carbons (Fsp3) is 0.250. The van der Waals surface area contributed by atoms with E-state index in [0.717, 1.165) is 0 Å². The highest BCUT2D eigenvalue weighted by Crippen LogP contribution is 2.24. The van der Waals surface area contributed by atoms with Crippen molar-refractivity contribution >= 4 is 17.7 Å². The lowest BCUT2D eigenvalue weighted by Gasteiger charge is -2.09. The Bertz CT molecular complexity index is 753. The Balaban J connectivity index is 2.10. The molecule has 8 nitrogen and oxygen atoms in total. The molecule has 0 atom stereocenters. The fourth-order valence-corrected chi connectivity index (χ4v) is 1.99. The second-order valence-electron chi connectivity index (χ2n) is 5.36. The smallest absolute Gasteiger partial charge is 0.327 e. The van der Waals surface area contributed by atoms with Crippen LogP contribution in [0.4, 0.5) is 0 Å². The van der Waals surface area contributed by atoms with Crippen LogP contribution in [0.1, 0.15) is 30.0 Å². The maximum absolute atomic E-state index is 12.3. The van der Waals surface area contributed by atoms with Crippen LogP contribution in [0.2, 0.25) is 0 Å². The standard InChI is InChI=1S/C16H18N4O4/c1-9(2)17-15(22)16(23)19-18-14(21)12-10(3)24-20-13(12)11-7-5-4-6-8-11/h4-9H,1-3H3,(H,17,22)(H,18,21)(H,19,23). The zero-order valence-electron chi connectivity index (χ0n) is 13.5. The number of carbonyl (C=O) groups excluding carboxylic acids is 3. The van der Waals surface area contributed by atoms with Gasteiger partial charge < -0.3 is 9.84 Å². The van der Waals surface area contributed by atoms with Crippen LogP contribution in [-0.2, 0) is 9.59 Å². The molecule has 0 fully saturated rings. The van der Waals surface area contributed by atoms with Gasteiger partial charge in [-0.2, -0.15) is 0 Å². The normalized spacial score (nSPS) is 10.3. The van der Waals surface area contributed by atoms with Gasteiger partial charge in [-0.05, 0) is 20.8 Å². The number of nitrogens with one attached hydrogen (secondary N) is 3. The molecule has 1 heterocycles. The SMILES string of the molecule is Cc1onc(-c2ccccc2)c1C(=O)NNC(=O)C(=O)NC(C)C. The van der Waals surface area contributed by atoms with Crippen LogP contribution in [0.3, 0.4) is 0 Å². The van der Waals surface area contributed by atoms with E-state index >= 15 is 0 Å². The molecule has 0 aliphatic carbocycles. The minimum Gasteiger partial charge on any atom is -0.360 e. The van der Waals surface area contributed by atoms with Crippen LogP contribution >= 0.6 is 0 Å². The first kappa shape index (κ1) is 17.2. The molecule has 0 unspecified atom stereocenters. The molecule has 8 heteroatoms. The summed E-state index contributed by atoms with van der Waals surface area (Å²) in [5.41, 5.74) is 5.49. The van der Waals surface area contributed by atoms with Crippen LogP contribution in [0.5, 0.6) is 0 Å². The van der Waals surface area contributed by atoms with Crippen molar-refractivity contribution in [1.29, 1.82) is 0 Å². The van der Waals surface area contributed by atoms with Crippen LogP contribution in [0.15, 0.2) is 34.9 Å². The summed E-state index contributed by atoms with van der Waals surface area (Å²) in [4.78, 5) is 35.4. The first-order chi connectivity index (χ1) is 11.4. The zero-order valence-corrected chi connectivity index (χ0v) is 13.5. The highest BCUT2D eigenvalue weighted by Gasteiger charge is 2.23. The molecule has 0 saturated carbocycles. The molecule has 0 aliphatic heterocycles. The molecule has 2 rings (SSSR count). The second kappa shape index (κ2) is 7.40. The summed E-state index contributed by atoms with van der Waals surface area (Å²) < 4.78 is 5.08. The van der Waals surface area contributed by atoms with Gasteiger partial charge in [0, 0.05) is 11.6 Å². The van der Waals surface area contributed by atoms with Crippen molar-refractivity contribution in [3.63, 3.8) is 0 Å². The van der Waals surface area contributed by atoms with Gasteiger partial charge in [0.1, 0.15) is 17.0 Å². The zero-order chi connectivity index (χ0) is 17.7. The lowest BCUT2D eigenvalue weighted by atomic mass is 10.1. The third-order valence-electron chi connectivity index (χ3n) is 3.05. The maximum atomic E-state index is 12.3. The predicted octanol–water partition coefficient (Wildman–Crippen LogP) is 0.936. The number of hydrazine groups is 1. The summed E-state index contributed by atoms with van der Waals surface area (Å²) in [6.07, 6.45) is 0. The summed E-state index contributed by atoms with van der Waals surface area (Å²) in [5.74, 6) is -2.13. The van der Waals surface area contributed by atoms with E-state index in [1.807, 2.05) is 6.07 Å². The van der Waals surface area contributed by atoms with Crippen LogP contribution in [0.25, 0.3) is 11.3 Å². The number of nitrogens with zero attached hydrogens (tertiary/aromatic N) is 1. The average Bonchev–Trinajstić information content (AvgIpc) is 2.94. The van der Waals surface area contributed by atoms with Gasteiger partial charge in [0.15, 0.2) is 0 Å². The Kier molecular flexibility index (Phi) is 5.31. The molecule has 3 amide bonds. The highest BCUT2D eigenvalue weighted by molar-refractivity contribution is 6.35. The topological polar surface area (TPSA) is 113 Å². The molecule has 0 spiro atoms. The third kappa shape index (κ3) is 3.97. The highest BCUT2D eigenvalue weighted by atomic mass is 16.5. The number of hydrogen-bond acceptors (Lipinski definition) is 5. The number of aryl methyl sites for hydroxylation is 1. The summed E-state index contributed by atoms with van der Waals surface area (Å²) in [5, 5.41) is 6.30. The van der Waals surface area contributed by atoms with Gasteiger partial charge in [0.25, 0.3) is 5.91 Å². The van der Waals surface area contributed by atoms with Crippen molar-refractivity contribution in [2.75, 3.05) is 0 Å². The van der Waals surface area contributed by atoms with Crippen LogP contribution in [-0.4, -0.2) is 28.9 Å². The first-order valence-corrected chi connectivity index (χ1v) is 7.33. The van der Waals surface area contributed by atoms with Gasteiger partial charge >= 0.3 is 11.8 Å². The monoisotopic (exact) mass is 330 g/mol. The Labute approximate surface area is 138 Å². The van der Waals surface area contributed by atoms with Gasteiger partial charge in [-0.25, -0.2) is 0 Å². The van der Waals surface area contributed by atoms with Crippen molar-refractivity contribution in [2.45, 2.75) is 26.8 Å². The average molecular weight is 330 g/mol. The minimum absolute atomic E-state index is 0.186. The van der Waals surface area contributed by atoms with Gasteiger partial charge in [-0.3, -0.25) is 25.2 Å². The van der Waals surface area contributed by atoms with E-state index in [-0.39, 0.29) is 11.6 Å². The molecule has 126 valence electrons. The van der Waals surface area contributed by atoms with Crippen molar-refractivity contribution < 1.29 is 18.9 Å². The van der Waals surface area contributed by atoms with E-state index in [0.29, 0.717) is 17.0 Å². The van der Waals surface area contributed by atoms with Crippen LogP contribution in [0, 0.1) is 6.92 Å². The number of aromatic nitrogens is 1. The molecule has 1 aromatic heterocycles. The number of carbonyl (C=O) groups is 3. The number of rotatable bonds is 3. The second-order valence-corrected chi connectivity index (χ2v) is 5.36. The molecule has 0 bridgehead atoms. The molecular weight excluding hydrogens is 312 g/mol. The summed E-state index contributed by atoms with van der Waals surface area (Å²) >= 11 is 0. The molecular formula is C16H18N4O4. The molecule has 1 aromatic carbocycles. The third-order valence-corrected chi connectivity index (χ3v) is 3.05. The Morgan fingerprint density at radius 1 is 1.04 bits per heavy atom. The van der Waals surface area contributed by atoms with Gasteiger partial charge in [-0.15, -0.1) is 0 Å². The van der Waals surface area contributed by atoms with E-state index in [4.69, 9.17) is 4.52 Å². The molecule has 3 N–H and O–H groups in total. The lowest BCUT2D eigenvalue weighted by molar-refractivity contribution is -0.139. The van der Waals surface area contributed by atoms with E-state index in [9.17, 15) is 14.4 Å². The largest absolute Gasteiger partial charge is 0.360 e. The first-order valence-electron chi connectivity index (χ1n) is 7.33. The van der Waals surface area contributed by atoms with Crippen molar-refractivity contribution in [3.8, 4) is 11.3 Å². The van der Waals surface area contributed by atoms with Crippen molar-refractivity contribution in [3.05, 3.63) is 41.7 Å². The molecule has 2 aromatic rings. The van der Waals surface area contributed by atoms with E-state index in [2.05, 4.69) is 21.3 Å². The predicted molar refractivity (Wildman–Crippen MR) is 85.6 cm³/mol. The van der Waals surface area contributed by atoms with Crippen molar-refractivity contribution in [2.24, 2.45) is 0 Å². The molecule has 0 saturated heterocycles. The number of amides is 3. The lowest BCUT2D eigenvalue weighted by Crippen LogP contribution is -2.49. The maximum Gasteiger partial charge on any atom is 0.327 e. The van der Waals surface area contributed by atoms with E-state index in [1.165, 1.54) is 0 Å². The molecule has 0 aliphatic rings. The van der Waals surface area contributed by atoms with Crippen molar-refractivity contribution in [1.82, 2.24) is 21.3 Å². The Morgan fingerprint density at radius 3 is 2.33 bits per heavy atom.